The highest BCUT2D eigenvalue weighted by Crippen LogP contribution is 2.61. The van der Waals surface area contributed by atoms with Crippen LogP contribution in [-0.2, 0) is 4.57 Å². The fraction of sp³-hybridized carbons (Fsp3) is 0.641. The number of unbranched alkanes of at least 4 members (excludes halogenated alkanes) is 15. The summed E-state index contributed by atoms with van der Waals surface area (Å²) in [6.45, 7) is 11.1. The Labute approximate surface area is 278 Å². The Morgan fingerprint density at radius 3 is 1.20 bits per heavy atom. The summed E-state index contributed by atoms with van der Waals surface area (Å²) in [5, 5.41) is 0. The van der Waals surface area contributed by atoms with Gasteiger partial charge in [-0.2, -0.15) is 0 Å². The van der Waals surface area contributed by atoms with Gasteiger partial charge in [0.05, 0.1) is 24.6 Å². The molecule has 0 heterocycles. The number of phosphoric ester groups is 1. The summed E-state index contributed by atoms with van der Waals surface area (Å²) in [5.74, 6) is 0.448. The minimum absolute atomic E-state index is 0.224. The minimum Gasteiger partial charge on any atom is -0.736 e. The van der Waals surface area contributed by atoms with Gasteiger partial charge in [-0.25, -0.2) is 4.57 Å². The van der Waals surface area contributed by atoms with Crippen LogP contribution in [0.4, 0.5) is 0 Å². The third-order valence-electron chi connectivity index (χ3n) is 8.40. The van der Waals surface area contributed by atoms with Crippen molar-refractivity contribution in [1.29, 1.82) is 0 Å². The molecule has 2 aromatic carbocycles. The second kappa shape index (κ2) is 27.5. The molecule has 0 N–H and O–H groups in total. The topological polar surface area (TPSA) is 58.6 Å². The Bertz CT molecular complexity index is 897. The maximum atomic E-state index is 11.6. The molecule has 0 saturated heterocycles. The lowest BCUT2D eigenvalue weighted by atomic mass is 10.1. The summed E-state index contributed by atoms with van der Waals surface area (Å²) in [6.07, 6.45) is 34.4. The zero-order chi connectivity index (χ0) is 32.9. The van der Waals surface area contributed by atoms with Gasteiger partial charge in [0, 0.05) is 7.26 Å². The van der Waals surface area contributed by atoms with Gasteiger partial charge in [0.2, 0.25) is 0 Å². The van der Waals surface area contributed by atoms with Gasteiger partial charge in [0.15, 0.2) is 0 Å². The van der Waals surface area contributed by atoms with Crippen LogP contribution in [0, 0.1) is 0 Å². The van der Waals surface area contributed by atoms with E-state index in [1.54, 1.807) is 79.1 Å². The summed E-state index contributed by atoms with van der Waals surface area (Å²) in [4.78, 5) is 11.6. The van der Waals surface area contributed by atoms with E-state index < -0.39 is 15.1 Å². The normalized spacial score (nSPS) is 11.5. The molecule has 0 aromatic heterocycles. The van der Waals surface area contributed by atoms with Crippen molar-refractivity contribution in [3.05, 3.63) is 73.3 Å². The molecule has 2 aromatic rings. The fourth-order valence-electron chi connectivity index (χ4n) is 5.81. The number of phosphoric acid groups is 1. The third kappa shape index (κ3) is 22.5. The Balaban J connectivity index is 0.000000502. The first-order chi connectivity index (χ1) is 21.9. The third-order valence-corrected chi connectivity index (χ3v) is 14.1. The van der Waals surface area contributed by atoms with Crippen LogP contribution < -0.4 is 13.9 Å². The molecule has 6 heteroatoms. The van der Waals surface area contributed by atoms with Crippen LogP contribution in [0.25, 0.3) is 0 Å². The van der Waals surface area contributed by atoms with Crippen LogP contribution in [0.1, 0.15) is 136 Å². The first-order valence-electron chi connectivity index (χ1n) is 18.2. The van der Waals surface area contributed by atoms with Gasteiger partial charge in [-0.15, -0.1) is 0 Å². The summed E-state index contributed by atoms with van der Waals surface area (Å²) >= 11 is 0. The molecule has 0 aliphatic carbocycles. The highest BCUT2D eigenvalue weighted by molar-refractivity contribution is 7.76. The van der Waals surface area contributed by atoms with Gasteiger partial charge < -0.3 is 13.9 Å². The lowest BCUT2D eigenvalue weighted by Crippen LogP contribution is -2.12. The Hall–Kier alpha value is -1.60. The van der Waals surface area contributed by atoms with Crippen LogP contribution in [0.5, 0.6) is 11.5 Å². The zero-order valence-corrected chi connectivity index (χ0v) is 30.9. The number of rotatable bonds is 27. The van der Waals surface area contributed by atoms with Gasteiger partial charge in [0.1, 0.15) is 11.5 Å². The zero-order valence-electron chi connectivity index (χ0n) is 29.1. The number of hydrogen-bond donors (Lipinski definition) is 0. The van der Waals surface area contributed by atoms with Crippen molar-refractivity contribution in [1.82, 2.24) is 0 Å². The van der Waals surface area contributed by atoms with Gasteiger partial charge in [-0.05, 0) is 62.8 Å². The molecule has 0 aliphatic heterocycles. The molecule has 0 amide bonds. The summed E-state index contributed by atoms with van der Waals surface area (Å²) in [6, 6.07) is 16.4. The van der Waals surface area contributed by atoms with E-state index in [1.165, 1.54) is 122 Å². The molecule has 256 valence electrons. The predicted molar refractivity (Wildman–Crippen MR) is 198 cm³/mol. The quantitative estimate of drug-likeness (QED) is 0.0543. The monoisotopic (exact) mass is 660 g/mol. The number of hydrogen-bond acceptors (Lipinski definition) is 4. The maximum Gasteiger partial charge on any atom is 0.372 e. The molecule has 0 aliphatic rings. The molecule has 0 bridgehead atoms. The lowest BCUT2D eigenvalue weighted by Gasteiger charge is -2.27. The molecule has 0 spiro atoms. The van der Waals surface area contributed by atoms with E-state index in [0.717, 1.165) is 0 Å². The minimum atomic E-state index is -4.39. The average molecular weight is 661 g/mol. The predicted octanol–water partition coefficient (Wildman–Crippen LogP) is 12.9. The molecular formula is C39H66O4P2. The van der Waals surface area contributed by atoms with Crippen molar-refractivity contribution in [2.75, 3.05) is 24.6 Å². The van der Waals surface area contributed by atoms with Crippen molar-refractivity contribution >= 4 is 15.1 Å². The van der Waals surface area contributed by atoms with E-state index >= 15 is 0 Å². The van der Waals surface area contributed by atoms with Crippen molar-refractivity contribution in [2.24, 2.45) is 0 Å². The first kappa shape index (κ1) is 41.4. The van der Waals surface area contributed by atoms with E-state index in [-0.39, 0.29) is 11.5 Å². The molecule has 0 radical (unpaired) electrons. The molecule has 0 fully saturated rings. The average Bonchev–Trinajstić information content (AvgIpc) is 3.03. The Morgan fingerprint density at radius 1 is 0.578 bits per heavy atom. The maximum absolute atomic E-state index is 11.6. The van der Waals surface area contributed by atoms with Crippen LogP contribution in [0.15, 0.2) is 73.3 Å². The van der Waals surface area contributed by atoms with Crippen molar-refractivity contribution in [2.45, 2.75) is 136 Å². The van der Waals surface area contributed by atoms with Crippen LogP contribution in [0.2, 0.25) is 0 Å². The summed E-state index contributed by atoms with van der Waals surface area (Å²) in [5.41, 5.74) is 0. The van der Waals surface area contributed by atoms with Gasteiger partial charge in [0.25, 0.3) is 0 Å². The van der Waals surface area contributed by atoms with Gasteiger partial charge in [-0.3, -0.25) is 0 Å². The fourth-order valence-corrected chi connectivity index (χ4v) is 11.1. The van der Waals surface area contributed by atoms with Crippen LogP contribution in [-0.4, -0.2) is 24.6 Å². The van der Waals surface area contributed by atoms with Crippen molar-refractivity contribution < 1.29 is 18.5 Å². The highest BCUT2D eigenvalue weighted by Gasteiger charge is 2.34. The molecule has 0 unspecified atom stereocenters. The standard InChI is InChI=1S/C27H56P.C12H11O4P/c1-5-9-12-15-18-21-25-28(24-8-4,26-22-19-16-13-10-6-2)27-23-20-17-14-11-7-3;13-17(14,15-11-7-3-1-4-8-11)16-12-9-5-2-6-10-12/h8H,4-7,9-27H2,1-3H3;1-10H,(H,13,14)/q+1;/p-1. The van der Waals surface area contributed by atoms with Gasteiger partial charge in [-0.1, -0.05) is 147 Å². The Morgan fingerprint density at radius 2 is 0.889 bits per heavy atom. The highest BCUT2D eigenvalue weighted by atomic mass is 31.2. The van der Waals surface area contributed by atoms with E-state index in [1.807, 2.05) is 0 Å². The largest absolute Gasteiger partial charge is 0.736 e. The van der Waals surface area contributed by atoms with Gasteiger partial charge >= 0.3 is 7.82 Å². The Kier molecular flexibility index (Phi) is 25.3. The second-order valence-electron chi connectivity index (χ2n) is 12.5. The summed E-state index contributed by atoms with van der Waals surface area (Å²) < 4.78 is 21.1. The molecular weight excluding hydrogens is 594 g/mol. The number of allylic oxidation sites excluding steroid dienone is 1. The molecule has 0 atom stereocenters. The number of para-hydroxylation sites is 2. The number of benzene rings is 2. The smallest absolute Gasteiger partial charge is 0.372 e. The summed E-state index contributed by atoms with van der Waals surface area (Å²) in [7, 11) is -5.17. The second-order valence-corrected chi connectivity index (χ2v) is 18.2. The molecule has 4 nitrogen and oxygen atoms in total. The van der Waals surface area contributed by atoms with Crippen molar-refractivity contribution in [3.8, 4) is 11.5 Å². The SMILES string of the molecule is C=CC[P+](CCCCCCCC)(CCCCCCCC)CCCCCCCC.O=P([O-])(Oc1ccccc1)Oc1ccccc1. The van der Waals surface area contributed by atoms with E-state index in [0.29, 0.717) is 0 Å². The molecule has 2 rings (SSSR count). The van der Waals surface area contributed by atoms with E-state index in [4.69, 9.17) is 9.05 Å². The molecule has 45 heavy (non-hydrogen) atoms. The first-order valence-corrected chi connectivity index (χ1v) is 22.2. The van der Waals surface area contributed by atoms with Crippen LogP contribution in [0.3, 0.4) is 0 Å². The lowest BCUT2D eigenvalue weighted by molar-refractivity contribution is -0.208. The molecule has 0 saturated carbocycles. The van der Waals surface area contributed by atoms with E-state index in [9.17, 15) is 9.46 Å². The van der Waals surface area contributed by atoms with E-state index in [2.05, 4.69) is 33.4 Å². The van der Waals surface area contributed by atoms with Crippen LogP contribution >= 0.6 is 15.1 Å². The van der Waals surface area contributed by atoms with Crippen molar-refractivity contribution in [3.63, 3.8) is 0 Å².